The van der Waals surface area contributed by atoms with Gasteiger partial charge in [0.25, 0.3) is 0 Å². The Morgan fingerprint density at radius 1 is 1.41 bits per heavy atom. The number of nitrogens with zero attached hydrogens (tertiary/aromatic N) is 4. The first-order chi connectivity index (χ1) is 10.6. The van der Waals surface area contributed by atoms with E-state index < -0.39 is 0 Å². The second-order valence-corrected chi connectivity index (χ2v) is 6.90. The summed E-state index contributed by atoms with van der Waals surface area (Å²) in [4.78, 5) is 7.07. The number of aryl methyl sites for hydroxylation is 1. The molecular weight excluding hydrogens is 340 g/mol. The van der Waals surface area contributed by atoms with Gasteiger partial charge in [-0.05, 0) is 53.7 Å². The molecule has 22 heavy (non-hydrogen) atoms. The molecule has 0 aromatic carbocycles. The lowest BCUT2D eigenvalue weighted by Crippen LogP contribution is -2.29. The van der Waals surface area contributed by atoms with Gasteiger partial charge in [-0.2, -0.15) is 5.26 Å². The molecule has 0 bridgehead atoms. The van der Waals surface area contributed by atoms with Gasteiger partial charge in [0.1, 0.15) is 11.9 Å². The molecule has 116 valence electrons. The van der Waals surface area contributed by atoms with Gasteiger partial charge < -0.3 is 9.47 Å². The lowest BCUT2D eigenvalue weighted by atomic mass is 10.1. The van der Waals surface area contributed by atoms with Crippen molar-refractivity contribution in [3.8, 4) is 6.07 Å². The third-order valence-electron chi connectivity index (χ3n) is 4.70. The zero-order chi connectivity index (χ0) is 15.7. The SMILES string of the molecule is CCN(CC1CCCC1)c1nc2cc(Br)n(C)c2cc1C#N. The summed E-state index contributed by atoms with van der Waals surface area (Å²) in [6, 6.07) is 6.31. The van der Waals surface area contributed by atoms with Crippen LogP contribution in [-0.2, 0) is 7.05 Å². The molecule has 1 aliphatic rings. The molecule has 2 heterocycles. The fraction of sp³-hybridized carbons (Fsp3) is 0.529. The zero-order valence-corrected chi connectivity index (χ0v) is 14.7. The van der Waals surface area contributed by atoms with Crippen LogP contribution in [0.1, 0.15) is 38.2 Å². The first-order valence-electron chi connectivity index (χ1n) is 7.95. The second-order valence-electron chi connectivity index (χ2n) is 6.09. The maximum atomic E-state index is 9.54. The lowest BCUT2D eigenvalue weighted by Gasteiger charge is -2.26. The fourth-order valence-electron chi connectivity index (χ4n) is 3.40. The van der Waals surface area contributed by atoms with E-state index in [4.69, 9.17) is 4.98 Å². The minimum absolute atomic E-state index is 0.668. The topological polar surface area (TPSA) is 44.9 Å². The molecule has 0 radical (unpaired) electrons. The molecule has 5 heteroatoms. The Bertz CT molecular complexity index is 722. The average Bonchev–Trinajstić information content (AvgIpc) is 3.13. The van der Waals surface area contributed by atoms with Crippen LogP contribution in [0.3, 0.4) is 0 Å². The van der Waals surface area contributed by atoms with Crippen LogP contribution >= 0.6 is 15.9 Å². The van der Waals surface area contributed by atoms with E-state index in [1.807, 2.05) is 23.7 Å². The number of hydrogen-bond acceptors (Lipinski definition) is 3. The summed E-state index contributed by atoms with van der Waals surface area (Å²) in [5.74, 6) is 1.58. The van der Waals surface area contributed by atoms with E-state index in [1.54, 1.807) is 0 Å². The van der Waals surface area contributed by atoms with Gasteiger partial charge in [0.05, 0.1) is 21.2 Å². The van der Waals surface area contributed by atoms with Crippen LogP contribution in [0.15, 0.2) is 16.7 Å². The molecule has 0 atom stereocenters. The van der Waals surface area contributed by atoms with E-state index in [0.29, 0.717) is 5.56 Å². The normalized spacial score (nSPS) is 15.4. The molecule has 3 rings (SSSR count). The molecule has 0 unspecified atom stereocenters. The van der Waals surface area contributed by atoms with E-state index in [1.165, 1.54) is 25.7 Å². The van der Waals surface area contributed by atoms with Crippen molar-refractivity contribution >= 4 is 32.8 Å². The van der Waals surface area contributed by atoms with Crippen molar-refractivity contribution in [2.24, 2.45) is 13.0 Å². The smallest absolute Gasteiger partial charge is 0.147 e. The maximum Gasteiger partial charge on any atom is 0.147 e. The summed E-state index contributed by atoms with van der Waals surface area (Å²) < 4.78 is 3.00. The van der Waals surface area contributed by atoms with Crippen molar-refractivity contribution in [3.05, 3.63) is 22.3 Å². The number of hydrogen-bond donors (Lipinski definition) is 0. The minimum Gasteiger partial charge on any atom is -0.356 e. The highest BCUT2D eigenvalue weighted by Gasteiger charge is 2.21. The Labute approximate surface area is 139 Å². The van der Waals surface area contributed by atoms with E-state index in [9.17, 15) is 5.26 Å². The summed E-state index contributed by atoms with van der Waals surface area (Å²) in [6.07, 6.45) is 5.28. The molecule has 0 aliphatic heterocycles. The Morgan fingerprint density at radius 2 is 2.14 bits per heavy atom. The summed E-state index contributed by atoms with van der Waals surface area (Å²) in [7, 11) is 1.98. The number of rotatable bonds is 4. The fourth-order valence-corrected chi connectivity index (χ4v) is 3.81. The zero-order valence-electron chi connectivity index (χ0n) is 13.1. The Morgan fingerprint density at radius 3 is 2.77 bits per heavy atom. The van der Waals surface area contributed by atoms with E-state index in [2.05, 4.69) is 33.8 Å². The largest absolute Gasteiger partial charge is 0.356 e. The highest BCUT2D eigenvalue weighted by molar-refractivity contribution is 9.10. The van der Waals surface area contributed by atoms with Gasteiger partial charge in [-0.1, -0.05) is 12.8 Å². The van der Waals surface area contributed by atoms with Crippen LogP contribution in [0.5, 0.6) is 0 Å². The van der Waals surface area contributed by atoms with Crippen molar-refractivity contribution in [2.45, 2.75) is 32.6 Å². The van der Waals surface area contributed by atoms with E-state index in [0.717, 1.165) is 40.5 Å². The number of fused-ring (bicyclic) bond motifs is 1. The van der Waals surface area contributed by atoms with Crippen molar-refractivity contribution < 1.29 is 0 Å². The summed E-state index contributed by atoms with van der Waals surface area (Å²) in [5, 5.41) is 9.54. The Balaban J connectivity index is 2.01. The molecule has 0 spiro atoms. The van der Waals surface area contributed by atoms with Gasteiger partial charge >= 0.3 is 0 Å². The van der Waals surface area contributed by atoms with Crippen LogP contribution in [0.4, 0.5) is 5.82 Å². The van der Waals surface area contributed by atoms with Crippen LogP contribution in [0.25, 0.3) is 11.0 Å². The van der Waals surface area contributed by atoms with Crippen LogP contribution in [0, 0.1) is 17.2 Å². The summed E-state index contributed by atoms with van der Waals surface area (Å²) >= 11 is 3.53. The van der Waals surface area contributed by atoms with Crippen LogP contribution < -0.4 is 4.90 Å². The summed E-state index contributed by atoms with van der Waals surface area (Å²) in [6.45, 7) is 4.04. The standard InChI is InChI=1S/C17H21BrN4/c1-3-22(11-12-6-4-5-7-12)17-13(10-19)8-15-14(20-17)9-16(18)21(15)2/h8-9,12H,3-7,11H2,1-2H3. The molecule has 2 aromatic rings. The minimum atomic E-state index is 0.668. The van der Waals surface area contributed by atoms with Gasteiger partial charge in [-0.25, -0.2) is 4.98 Å². The maximum absolute atomic E-state index is 9.54. The average molecular weight is 361 g/mol. The highest BCUT2D eigenvalue weighted by atomic mass is 79.9. The Kier molecular flexibility index (Phi) is 4.39. The summed E-state index contributed by atoms with van der Waals surface area (Å²) in [5.41, 5.74) is 2.60. The third kappa shape index (κ3) is 2.72. The predicted molar refractivity (Wildman–Crippen MR) is 93.0 cm³/mol. The third-order valence-corrected chi connectivity index (χ3v) is 5.46. The van der Waals surface area contributed by atoms with Crippen molar-refractivity contribution in [3.63, 3.8) is 0 Å². The Hall–Kier alpha value is -1.54. The first-order valence-corrected chi connectivity index (χ1v) is 8.74. The van der Waals surface area contributed by atoms with Gasteiger partial charge in [0.15, 0.2) is 0 Å². The highest BCUT2D eigenvalue weighted by Crippen LogP contribution is 2.30. The van der Waals surface area contributed by atoms with Crippen molar-refractivity contribution in [1.29, 1.82) is 5.26 Å². The predicted octanol–water partition coefficient (Wildman–Crippen LogP) is 4.22. The molecule has 0 N–H and O–H groups in total. The molecular formula is C17H21BrN4. The van der Waals surface area contributed by atoms with Gasteiger partial charge in [-0.15, -0.1) is 0 Å². The molecule has 4 nitrogen and oxygen atoms in total. The van der Waals surface area contributed by atoms with Gasteiger partial charge in [-0.3, -0.25) is 0 Å². The molecule has 1 fully saturated rings. The first kappa shape index (κ1) is 15.4. The lowest BCUT2D eigenvalue weighted by molar-refractivity contribution is 0.533. The van der Waals surface area contributed by atoms with Gasteiger partial charge in [0.2, 0.25) is 0 Å². The monoisotopic (exact) mass is 360 g/mol. The molecule has 0 saturated heterocycles. The second kappa shape index (κ2) is 6.29. The number of anilines is 1. The van der Waals surface area contributed by atoms with Crippen LogP contribution in [-0.4, -0.2) is 22.6 Å². The van der Waals surface area contributed by atoms with E-state index >= 15 is 0 Å². The number of nitriles is 1. The van der Waals surface area contributed by atoms with Gasteiger partial charge in [0, 0.05) is 20.1 Å². The van der Waals surface area contributed by atoms with E-state index in [-0.39, 0.29) is 0 Å². The van der Waals surface area contributed by atoms with Crippen LogP contribution in [0.2, 0.25) is 0 Å². The van der Waals surface area contributed by atoms with Crippen molar-refractivity contribution in [1.82, 2.24) is 9.55 Å². The van der Waals surface area contributed by atoms with Crippen molar-refractivity contribution in [2.75, 3.05) is 18.0 Å². The molecule has 2 aromatic heterocycles. The molecule has 1 saturated carbocycles. The number of pyridine rings is 1. The number of aromatic nitrogens is 2. The number of halogens is 1. The molecule has 1 aliphatic carbocycles. The molecule has 0 amide bonds. The quantitative estimate of drug-likeness (QED) is 0.819.